The smallest absolute Gasteiger partial charge is 0.377 e. The van der Waals surface area contributed by atoms with Gasteiger partial charge >= 0.3 is 6.18 Å². The third kappa shape index (κ3) is 3.31. The van der Waals surface area contributed by atoms with E-state index in [0.29, 0.717) is 30.8 Å². The molecule has 20 heavy (non-hydrogen) atoms. The van der Waals surface area contributed by atoms with Crippen molar-refractivity contribution in [2.24, 2.45) is 0 Å². The van der Waals surface area contributed by atoms with Crippen molar-refractivity contribution in [3.05, 3.63) is 53.6 Å². The van der Waals surface area contributed by atoms with Gasteiger partial charge in [0.1, 0.15) is 0 Å². The second kappa shape index (κ2) is 5.98. The summed E-state index contributed by atoms with van der Waals surface area (Å²) >= 11 is 0. The summed E-state index contributed by atoms with van der Waals surface area (Å²) < 4.78 is 44.7. The largest absolute Gasteiger partial charge is 0.417 e. The Bertz CT molecular complexity index is 600. The van der Waals surface area contributed by atoms with Gasteiger partial charge in [0.2, 0.25) is 0 Å². The summed E-state index contributed by atoms with van der Waals surface area (Å²) in [6.45, 7) is 4.22. The second-order valence-corrected chi connectivity index (χ2v) is 4.29. The van der Waals surface area contributed by atoms with E-state index in [4.69, 9.17) is 4.74 Å². The predicted molar refractivity (Wildman–Crippen MR) is 71.9 cm³/mol. The van der Waals surface area contributed by atoms with Gasteiger partial charge in [-0.3, -0.25) is 0 Å². The minimum absolute atomic E-state index is 0.213. The molecule has 0 spiro atoms. The fourth-order valence-corrected chi connectivity index (χ4v) is 2.04. The number of benzene rings is 1. The molecular weight excluding hydrogens is 265 g/mol. The highest BCUT2D eigenvalue weighted by molar-refractivity contribution is 5.70. The van der Waals surface area contributed by atoms with Crippen molar-refractivity contribution in [2.75, 3.05) is 13.2 Å². The van der Waals surface area contributed by atoms with Gasteiger partial charge in [-0.2, -0.15) is 13.2 Å². The standard InChI is InChI=1S/C16H13F3O/c1-2-3-4-12-5-6-14(13-7-9-20-10-8-13)15(11-12)16(17,18)19/h2,5-7,11H,1,8-10H2. The molecule has 0 amide bonds. The molecule has 0 fully saturated rings. The molecule has 1 heterocycles. The summed E-state index contributed by atoms with van der Waals surface area (Å²) in [4.78, 5) is 0. The second-order valence-electron chi connectivity index (χ2n) is 4.29. The maximum Gasteiger partial charge on any atom is 0.417 e. The molecule has 2 rings (SSSR count). The van der Waals surface area contributed by atoms with Crippen LogP contribution in [-0.4, -0.2) is 13.2 Å². The summed E-state index contributed by atoms with van der Waals surface area (Å²) in [5.74, 6) is 5.18. The van der Waals surface area contributed by atoms with E-state index in [1.165, 1.54) is 12.1 Å². The number of alkyl halides is 3. The average molecular weight is 278 g/mol. The molecule has 0 unspecified atom stereocenters. The minimum Gasteiger partial charge on any atom is -0.377 e. The maximum atomic E-state index is 13.2. The zero-order valence-corrected chi connectivity index (χ0v) is 10.8. The lowest BCUT2D eigenvalue weighted by molar-refractivity contribution is -0.137. The summed E-state index contributed by atoms with van der Waals surface area (Å²) in [6.07, 6.45) is -0.869. The Balaban J connectivity index is 2.51. The van der Waals surface area contributed by atoms with Gasteiger partial charge in [0.25, 0.3) is 0 Å². The normalized spacial score (nSPS) is 15.1. The van der Waals surface area contributed by atoms with Gasteiger partial charge in [0.15, 0.2) is 0 Å². The van der Waals surface area contributed by atoms with Gasteiger partial charge in [0.05, 0.1) is 18.8 Å². The Morgan fingerprint density at radius 1 is 1.30 bits per heavy atom. The van der Waals surface area contributed by atoms with Gasteiger partial charge in [0, 0.05) is 5.56 Å². The van der Waals surface area contributed by atoms with Crippen LogP contribution in [0, 0.1) is 11.8 Å². The van der Waals surface area contributed by atoms with Crippen LogP contribution in [0.5, 0.6) is 0 Å². The van der Waals surface area contributed by atoms with Crippen molar-refractivity contribution >= 4 is 5.57 Å². The molecule has 0 N–H and O–H groups in total. The molecule has 4 heteroatoms. The first kappa shape index (κ1) is 14.4. The molecule has 1 aromatic rings. The molecule has 1 aliphatic rings. The van der Waals surface area contributed by atoms with E-state index < -0.39 is 11.7 Å². The highest BCUT2D eigenvalue weighted by Crippen LogP contribution is 2.37. The topological polar surface area (TPSA) is 9.23 Å². The lowest BCUT2D eigenvalue weighted by Gasteiger charge is -2.18. The minimum atomic E-state index is -4.40. The van der Waals surface area contributed by atoms with E-state index in [9.17, 15) is 13.2 Å². The number of hydrogen-bond acceptors (Lipinski definition) is 1. The average Bonchev–Trinajstić information content (AvgIpc) is 2.45. The fourth-order valence-electron chi connectivity index (χ4n) is 2.04. The van der Waals surface area contributed by atoms with Crippen molar-refractivity contribution in [3.8, 4) is 11.8 Å². The number of allylic oxidation sites excluding steroid dienone is 1. The number of hydrogen-bond donors (Lipinski definition) is 0. The van der Waals surface area contributed by atoms with Crippen LogP contribution in [-0.2, 0) is 10.9 Å². The Kier molecular flexibility index (Phi) is 4.31. The van der Waals surface area contributed by atoms with Crippen molar-refractivity contribution in [2.45, 2.75) is 12.6 Å². The summed E-state index contributed by atoms with van der Waals surface area (Å²) in [5.41, 5.74) is 0.562. The zero-order valence-electron chi connectivity index (χ0n) is 10.8. The molecular formula is C16H13F3O. The highest BCUT2D eigenvalue weighted by Gasteiger charge is 2.34. The summed E-state index contributed by atoms with van der Waals surface area (Å²) in [6, 6.07) is 4.16. The van der Waals surface area contributed by atoms with Crippen LogP contribution in [0.3, 0.4) is 0 Å². The predicted octanol–water partition coefficient (Wildman–Crippen LogP) is 4.05. The molecule has 0 saturated heterocycles. The quantitative estimate of drug-likeness (QED) is 0.704. The van der Waals surface area contributed by atoms with Gasteiger partial charge in [-0.15, -0.1) is 0 Å². The Labute approximate surface area is 115 Å². The molecule has 0 saturated carbocycles. The molecule has 0 aliphatic carbocycles. The van der Waals surface area contributed by atoms with E-state index in [0.717, 1.165) is 6.07 Å². The first-order chi connectivity index (χ1) is 9.52. The summed E-state index contributed by atoms with van der Waals surface area (Å²) in [7, 11) is 0. The first-order valence-corrected chi connectivity index (χ1v) is 6.13. The van der Waals surface area contributed by atoms with E-state index in [-0.39, 0.29) is 5.56 Å². The number of ether oxygens (including phenoxy) is 1. The fraction of sp³-hybridized carbons (Fsp3) is 0.250. The third-order valence-electron chi connectivity index (χ3n) is 2.95. The molecule has 0 atom stereocenters. The van der Waals surface area contributed by atoms with Gasteiger partial charge < -0.3 is 4.74 Å². The molecule has 1 aliphatic heterocycles. The Morgan fingerprint density at radius 2 is 2.10 bits per heavy atom. The third-order valence-corrected chi connectivity index (χ3v) is 2.95. The molecule has 1 aromatic carbocycles. The van der Waals surface area contributed by atoms with Crippen LogP contribution >= 0.6 is 0 Å². The maximum absolute atomic E-state index is 13.2. The van der Waals surface area contributed by atoms with Crippen LogP contribution < -0.4 is 0 Å². The first-order valence-electron chi connectivity index (χ1n) is 6.13. The van der Waals surface area contributed by atoms with E-state index in [1.54, 1.807) is 12.1 Å². The van der Waals surface area contributed by atoms with E-state index in [1.807, 2.05) is 0 Å². The monoisotopic (exact) mass is 278 g/mol. The molecule has 1 nitrogen and oxygen atoms in total. The van der Waals surface area contributed by atoms with Crippen molar-refractivity contribution in [3.63, 3.8) is 0 Å². The van der Waals surface area contributed by atoms with Crippen LogP contribution in [0.1, 0.15) is 23.1 Å². The van der Waals surface area contributed by atoms with Crippen molar-refractivity contribution in [1.82, 2.24) is 0 Å². The Morgan fingerprint density at radius 3 is 2.70 bits per heavy atom. The SMILES string of the molecule is C=CC#Cc1ccc(C2=CCOCC2)c(C(F)(F)F)c1. The van der Waals surface area contributed by atoms with Crippen LogP contribution in [0.2, 0.25) is 0 Å². The van der Waals surface area contributed by atoms with Gasteiger partial charge in [-0.05, 0) is 35.8 Å². The zero-order chi connectivity index (χ0) is 14.6. The lowest BCUT2D eigenvalue weighted by atomic mass is 9.94. The van der Waals surface area contributed by atoms with Crippen LogP contribution in [0.25, 0.3) is 5.57 Å². The van der Waals surface area contributed by atoms with E-state index >= 15 is 0 Å². The van der Waals surface area contributed by atoms with Crippen molar-refractivity contribution in [1.29, 1.82) is 0 Å². The number of rotatable bonds is 1. The van der Waals surface area contributed by atoms with Crippen LogP contribution in [0.4, 0.5) is 13.2 Å². The van der Waals surface area contributed by atoms with Gasteiger partial charge in [-0.1, -0.05) is 30.6 Å². The molecule has 0 radical (unpaired) electrons. The van der Waals surface area contributed by atoms with E-state index in [2.05, 4.69) is 18.4 Å². The summed E-state index contributed by atoms with van der Waals surface area (Å²) in [5, 5.41) is 0. The number of halogens is 3. The Hall–Kier alpha value is -1.99. The van der Waals surface area contributed by atoms with Gasteiger partial charge in [-0.25, -0.2) is 0 Å². The van der Waals surface area contributed by atoms with Crippen molar-refractivity contribution < 1.29 is 17.9 Å². The lowest BCUT2D eigenvalue weighted by Crippen LogP contribution is -2.12. The molecule has 0 bridgehead atoms. The molecule has 0 aromatic heterocycles. The van der Waals surface area contributed by atoms with Crippen LogP contribution in [0.15, 0.2) is 36.9 Å². The molecule has 104 valence electrons. The highest BCUT2D eigenvalue weighted by atomic mass is 19.4.